The highest BCUT2D eigenvalue weighted by atomic mass is 16.5. The van der Waals surface area contributed by atoms with E-state index in [2.05, 4.69) is 28.1 Å². The molecule has 0 unspecified atom stereocenters. The Hall–Kier alpha value is -2.07. The van der Waals surface area contributed by atoms with E-state index < -0.39 is 0 Å². The van der Waals surface area contributed by atoms with Crippen molar-refractivity contribution in [2.75, 3.05) is 45.2 Å². The van der Waals surface area contributed by atoms with Crippen LogP contribution in [0.4, 0.5) is 5.82 Å². The van der Waals surface area contributed by atoms with Crippen LogP contribution in [0.15, 0.2) is 42.6 Å². The molecule has 1 aromatic carbocycles. The summed E-state index contributed by atoms with van der Waals surface area (Å²) in [6.07, 6.45) is 4.48. The lowest BCUT2D eigenvalue weighted by atomic mass is 10.1. The smallest absolute Gasteiger partial charge is 0.135 e. The molecule has 0 spiro atoms. The van der Waals surface area contributed by atoms with Gasteiger partial charge < -0.3 is 9.64 Å². The van der Waals surface area contributed by atoms with Gasteiger partial charge in [0, 0.05) is 32.4 Å². The van der Waals surface area contributed by atoms with Gasteiger partial charge in [-0.3, -0.25) is 4.90 Å². The van der Waals surface area contributed by atoms with E-state index in [1.807, 2.05) is 43.4 Å². The van der Waals surface area contributed by atoms with E-state index in [1.165, 1.54) is 25.9 Å². The highest BCUT2D eigenvalue weighted by molar-refractivity contribution is 5.75. The fourth-order valence-electron chi connectivity index (χ4n) is 3.01. The van der Waals surface area contributed by atoms with E-state index in [1.54, 1.807) is 0 Å². The van der Waals surface area contributed by atoms with Crippen LogP contribution in [-0.4, -0.2) is 50.2 Å². The second kappa shape index (κ2) is 7.47. The number of nitrogens with zero attached hydrogens (tertiary/aromatic N) is 3. The van der Waals surface area contributed by atoms with Crippen LogP contribution in [0.3, 0.4) is 0 Å². The zero-order valence-corrected chi connectivity index (χ0v) is 14.0. The molecule has 1 fully saturated rings. The summed E-state index contributed by atoms with van der Waals surface area (Å²) in [5.41, 5.74) is 2.30. The van der Waals surface area contributed by atoms with Gasteiger partial charge in [0.05, 0.1) is 0 Å². The molecule has 3 rings (SSSR count). The van der Waals surface area contributed by atoms with Crippen LogP contribution in [0.2, 0.25) is 0 Å². The number of pyridine rings is 1. The maximum Gasteiger partial charge on any atom is 0.135 e. The number of aromatic nitrogens is 1. The molecular weight excluding hydrogens is 286 g/mol. The molecule has 1 aliphatic rings. The SMILES string of the molecule is CN(C)c1ncccc1-c1ccc(OCCN2CCCC2)cc1. The Morgan fingerprint density at radius 1 is 1.09 bits per heavy atom. The second-order valence-corrected chi connectivity index (χ2v) is 6.19. The largest absolute Gasteiger partial charge is 0.492 e. The van der Waals surface area contributed by atoms with Crippen LogP contribution in [0.5, 0.6) is 5.75 Å². The number of hydrogen-bond donors (Lipinski definition) is 0. The van der Waals surface area contributed by atoms with Gasteiger partial charge in [-0.15, -0.1) is 0 Å². The lowest BCUT2D eigenvalue weighted by Crippen LogP contribution is -2.25. The number of likely N-dealkylation sites (tertiary alicyclic amines) is 1. The van der Waals surface area contributed by atoms with Crippen LogP contribution in [-0.2, 0) is 0 Å². The first-order chi connectivity index (χ1) is 11.2. The third kappa shape index (κ3) is 4.02. The Morgan fingerprint density at radius 3 is 2.52 bits per heavy atom. The summed E-state index contributed by atoms with van der Waals surface area (Å²) in [4.78, 5) is 8.96. The van der Waals surface area contributed by atoms with E-state index >= 15 is 0 Å². The summed E-state index contributed by atoms with van der Waals surface area (Å²) in [6.45, 7) is 4.22. The topological polar surface area (TPSA) is 28.6 Å². The standard InChI is InChI=1S/C19H25N3O/c1-21(2)19-18(6-5-11-20-19)16-7-9-17(10-8-16)23-15-14-22-12-3-4-13-22/h5-11H,3-4,12-15H2,1-2H3. The Kier molecular flexibility index (Phi) is 5.13. The number of benzene rings is 1. The van der Waals surface area contributed by atoms with Crippen molar-refractivity contribution in [1.29, 1.82) is 0 Å². The molecule has 0 aliphatic carbocycles. The van der Waals surface area contributed by atoms with Crippen LogP contribution >= 0.6 is 0 Å². The monoisotopic (exact) mass is 311 g/mol. The number of hydrogen-bond acceptors (Lipinski definition) is 4. The molecule has 0 amide bonds. The summed E-state index contributed by atoms with van der Waals surface area (Å²) in [5.74, 6) is 1.92. The van der Waals surface area contributed by atoms with Gasteiger partial charge >= 0.3 is 0 Å². The molecule has 1 aliphatic heterocycles. The fraction of sp³-hybridized carbons (Fsp3) is 0.421. The quantitative estimate of drug-likeness (QED) is 0.818. The van der Waals surface area contributed by atoms with Crippen molar-refractivity contribution in [3.8, 4) is 16.9 Å². The maximum atomic E-state index is 5.87. The normalized spacial score (nSPS) is 14.9. The van der Waals surface area contributed by atoms with Gasteiger partial charge in [0.15, 0.2) is 0 Å². The molecule has 122 valence electrons. The van der Waals surface area contributed by atoms with Crippen molar-refractivity contribution >= 4 is 5.82 Å². The lowest BCUT2D eigenvalue weighted by Gasteiger charge is -2.17. The van der Waals surface area contributed by atoms with E-state index in [0.29, 0.717) is 0 Å². The average Bonchev–Trinajstić information content (AvgIpc) is 3.09. The van der Waals surface area contributed by atoms with Crippen molar-refractivity contribution in [3.63, 3.8) is 0 Å². The minimum atomic E-state index is 0.759. The van der Waals surface area contributed by atoms with Gasteiger partial charge in [-0.2, -0.15) is 0 Å². The van der Waals surface area contributed by atoms with E-state index in [4.69, 9.17) is 4.74 Å². The molecule has 4 nitrogen and oxygen atoms in total. The highest BCUT2D eigenvalue weighted by Gasteiger charge is 2.11. The number of rotatable bonds is 6. The molecule has 1 saturated heterocycles. The summed E-state index contributed by atoms with van der Waals surface area (Å²) in [5, 5.41) is 0. The summed E-state index contributed by atoms with van der Waals surface area (Å²) in [6, 6.07) is 12.4. The van der Waals surface area contributed by atoms with Crippen LogP contribution < -0.4 is 9.64 Å². The molecule has 0 bridgehead atoms. The molecule has 0 saturated carbocycles. The van der Waals surface area contributed by atoms with Gasteiger partial charge in [-0.1, -0.05) is 12.1 Å². The van der Waals surface area contributed by atoms with Crippen molar-refractivity contribution in [2.24, 2.45) is 0 Å². The number of anilines is 1. The summed E-state index contributed by atoms with van der Waals surface area (Å²) < 4.78 is 5.87. The van der Waals surface area contributed by atoms with E-state index in [0.717, 1.165) is 35.8 Å². The van der Waals surface area contributed by atoms with E-state index in [9.17, 15) is 0 Å². The molecule has 2 aromatic rings. The van der Waals surface area contributed by atoms with Crippen molar-refractivity contribution in [3.05, 3.63) is 42.6 Å². The lowest BCUT2D eigenvalue weighted by molar-refractivity contribution is 0.238. The first kappa shape index (κ1) is 15.8. The summed E-state index contributed by atoms with van der Waals surface area (Å²) in [7, 11) is 4.03. The fourth-order valence-corrected chi connectivity index (χ4v) is 3.01. The van der Waals surface area contributed by atoms with Gasteiger partial charge in [0.25, 0.3) is 0 Å². The Morgan fingerprint density at radius 2 is 1.83 bits per heavy atom. The predicted molar refractivity (Wildman–Crippen MR) is 95.2 cm³/mol. The van der Waals surface area contributed by atoms with Gasteiger partial charge in [0.2, 0.25) is 0 Å². The third-order valence-electron chi connectivity index (χ3n) is 4.25. The minimum absolute atomic E-state index is 0.759. The van der Waals surface area contributed by atoms with Crippen molar-refractivity contribution < 1.29 is 4.74 Å². The third-order valence-corrected chi connectivity index (χ3v) is 4.25. The maximum absolute atomic E-state index is 5.87. The Balaban J connectivity index is 1.63. The van der Waals surface area contributed by atoms with Gasteiger partial charge in [-0.25, -0.2) is 4.98 Å². The molecule has 23 heavy (non-hydrogen) atoms. The van der Waals surface area contributed by atoms with Crippen LogP contribution in [0.25, 0.3) is 11.1 Å². The average molecular weight is 311 g/mol. The highest BCUT2D eigenvalue weighted by Crippen LogP contribution is 2.28. The summed E-state index contributed by atoms with van der Waals surface area (Å²) >= 11 is 0. The Bertz CT molecular complexity index is 619. The van der Waals surface area contributed by atoms with Gasteiger partial charge in [0.1, 0.15) is 18.2 Å². The zero-order chi connectivity index (χ0) is 16.1. The van der Waals surface area contributed by atoms with E-state index in [-0.39, 0.29) is 0 Å². The second-order valence-electron chi connectivity index (χ2n) is 6.19. The molecule has 1 aromatic heterocycles. The first-order valence-corrected chi connectivity index (χ1v) is 8.32. The van der Waals surface area contributed by atoms with Gasteiger partial charge in [-0.05, 0) is 55.8 Å². The first-order valence-electron chi connectivity index (χ1n) is 8.32. The van der Waals surface area contributed by atoms with Crippen molar-refractivity contribution in [1.82, 2.24) is 9.88 Å². The molecular formula is C19H25N3O. The Labute approximate surface area is 138 Å². The molecule has 0 atom stereocenters. The van der Waals surface area contributed by atoms with Crippen molar-refractivity contribution in [2.45, 2.75) is 12.8 Å². The zero-order valence-electron chi connectivity index (χ0n) is 14.0. The minimum Gasteiger partial charge on any atom is -0.492 e. The van der Waals surface area contributed by atoms with Crippen LogP contribution in [0.1, 0.15) is 12.8 Å². The molecule has 2 heterocycles. The molecule has 0 N–H and O–H groups in total. The van der Waals surface area contributed by atoms with Crippen LogP contribution in [0, 0.1) is 0 Å². The number of ether oxygens (including phenoxy) is 1. The molecule has 0 radical (unpaired) electrons. The molecule has 4 heteroatoms. The predicted octanol–water partition coefficient (Wildman–Crippen LogP) is 3.29.